The normalized spacial score (nSPS) is 14.4. The van der Waals surface area contributed by atoms with Crippen LogP contribution in [0.3, 0.4) is 0 Å². The number of aryl methyl sites for hydroxylation is 1. The van der Waals surface area contributed by atoms with Crippen molar-refractivity contribution in [1.82, 2.24) is 0 Å². The molecule has 2 unspecified atom stereocenters. The lowest BCUT2D eigenvalue weighted by atomic mass is 10.1. The molecule has 0 aliphatic carbocycles. The van der Waals surface area contributed by atoms with E-state index in [0.717, 1.165) is 11.3 Å². The lowest BCUT2D eigenvalue weighted by Gasteiger charge is -2.13. The second kappa shape index (κ2) is 4.60. The van der Waals surface area contributed by atoms with Gasteiger partial charge in [-0.1, -0.05) is 0 Å². The first-order valence-electron chi connectivity index (χ1n) is 4.33. The Morgan fingerprint density at radius 2 is 2.00 bits per heavy atom. The second-order valence-corrected chi connectivity index (χ2v) is 4.34. The van der Waals surface area contributed by atoms with Crippen molar-refractivity contribution in [3.05, 3.63) is 21.4 Å². The van der Waals surface area contributed by atoms with Gasteiger partial charge in [-0.2, -0.15) is 0 Å². The molecular formula is C9H11NO5S. The van der Waals surface area contributed by atoms with Crippen LogP contribution in [0.25, 0.3) is 0 Å². The SMILES string of the molecule is Cc1cc(C(=O)O)sc1C(O)C(O)C(N)=O. The van der Waals surface area contributed by atoms with Gasteiger partial charge in [0.25, 0.3) is 0 Å². The molecule has 2 atom stereocenters. The Kier molecular flexibility index (Phi) is 3.63. The molecule has 1 aromatic heterocycles. The van der Waals surface area contributed by atoms with Gasteiger partial charge in [0.1, 0.15) is 11.0 Å². The Bertz CT molecular complexity index is 428. The summed E-state index contributed by atoms with van der Waals surface area (Å²) >= 11 is 0.804. The van der Waals surface area contributed by atoms with Crippen LogP contribution in [0.1, 0.15) is 26.2 Å². The number of carbonyl (C=O) groups is 2. The van der Waals surface area contributed by atoms with Crippen molar-refractivity contribution in [1.29, 1.82) is 0 Å². The zero-order valence-electron chi connectivity index (χ0n) is 8.38. The van der Waals surface area contributed by atoms with Gasteiger partial charge in [0, 0.05) is 4.88 Å². The van der Waals surface area contributed by atoms with Crippen LogP contribution in [-0.2, 0) is 4.79 Å². The zero-order valence-corrected chi connectivity index (χ0v) is 9.19. The first-order valence-corrected chi connectivity index (χ1v) is 5.15. The number of carboxylic acids is 1. The van der Waals surface area contributed by atoms with E-state index >= 15 is 0 Å². The topological polar surface area (TPSA) is 121 Å². The van der Waals surface area contributed by atoms with Crippen LogP contribution >= 0.6 is 11.3 Å². The third-order valence-electron chi connectivity index (χ3n) is 2.03. The molecule has 0 radical (unpaired) electrons. The molecule has 1 amide bonds. The number of carbonyl (C=O) groups excluding carboxylic acids is 1. The summed E-state index contributed by atoms with van der Waals surface area (Å²) in [5.74, 6) is -2.18. The van der Waals surface area contributed by atoms with Crippen LogP contribution in [0.5, 0.6) is 0 Å². The predicted octanol–water partition coefficient (Wildman–Crippen LogP) is -0.366. The average Bonchev–Trinajstić information content (AvgIpc) is 2.58. The van der Waals surface area contributed by atoms with Gasteiger partial charge in [0.05, 0.1) is 0 Å². The third kappa shape index (κ3) is 2.38. The summed E-state index contributed by atoms with van der Waals surface area (Å²) in [4.78, 5) is 21.6. The van der Waals surface area contributed by atoms with E-state index in [1.54, 1.807) is 6.92 Å². The maximum absolute atomic E-state index is 10.7. The number of amides is 1. The largest absolute Gasteiger partial charge is 0.477 e. The highest BCUT2D eigenvalue weighted by Gasteiger charge is 2.27. The Morgan fingerprint density at radius 3 is 2.38 bits per heavy atom. The zero-order chi connectivity index (χ0) is 12.5. The van der Waals surface area contributed by atoms with E-state index in [-0.39, 0.29) is 9.75 Å². The molecule has 1 rings (SSSR count). The van der Waals surface area contributed by atoms with Crippen molar-refractivity contribution in [2.75, 3.05) is 0 Å². The summed E-state index contributed by atoms with van der Waals surface area (Å²) in [6.07, 6.45) is -3.23. The molecule has 6 nitrogen and oxygen atoms in total. The van der Waals surface area contributed by atoms with Crippen molar-refractivity contribution >= 4 is 23.2 Å². The number of aliphatic hydroxyl groups excluding tert-OH is 2. The molecule has 0 spiro atoms. The summed E-state index contributed by atoms with van der Waals surface area (Å²) in [6.45, 7) is 1.58. The van der Waals surface area contributed by atoms with Gasteiger partial charge >= 0.3 is 5.97 Å². The number of thiophene rings is 1. The van der Waals surface area contributed by atoms with E-state index < -0.39 is 24.1 Å². The summed E-state index contributed by atoms with van der Waals surface area (Å²) in [6, 6.07) is 1.36. The average molecular weight is 245 g/mol. The number of hydrogen-bond acceptors (Lipinski definition) is 5. The fourth-order valence-corrected chi connectivity index (χ4v) is 2.22. The molecular weight excluding hydrogens is 234 g/mol. The number of primary amides is 1. The molecule has 0 aliphatic rings. The minimum atomic E-state index is -1.74. The van der Waals surface area contributed by atoms with Gasteiger partial charge in [-0.05, 0) is 18.6 Å². The first kappa shape index (κ1) is 12.6. The number of carboxylic acid groups (broad SMARTS) is 1. The summed E-state index contributed by atoms with van der Waals surface area (Å²) in [5.41, 5.74) is 5.33. The van der Waals surface area contributed by atoms with Crippen LogP contribution in [0.15, 0.2) is 6.07 Å². The van der Waals surface area contributed by atoms with Crippen LogP contribution in [0.2, 0.25) is 0 Å². The minimum absolute atomic E-state index is 0.0308. The van der Waals surface area contributed by atoms with E-state index in [2.05, 4.69) is 0 Å². The van der Waals surface area contributed by atoms with Crippen LogP contribution in [-0.4, -0.2) is 33.3 Å². The Hall–Kier alpha value is -1.44. The molecule has 0 bridgehead atoms. The molecule has 1 aromatic rings. The van der Waals surface area contributed by atoms with Crippen LogP contribution in [0, 0.1) is 6.92 Å². The Balaban J connectivity index is 3.04. The van der Waals surface area contributed by atoms with E-state index in [1.807, 2.05) is 0 Å². The quantitative estimate of drug-likeness (QED) is 0.577. The number of aromatic carboxylic acids is 1. The molecule has 0 aliphatic heterocycles. The monoisotopic (exact) mass is 245 g/mol. The standard InChI is InChI=1S/C9H11NO5S/c1-3-2-4(9(14)15)16-7(3)5(11)6(12)8(10)13/h2,5-6,11-12H,1H3,(H2,10,13)(H,14,15). The number of nitrogens with two attached hydrogens (primary N) is 1. The number of rotatable bonds is 4. The summed E-state index contributed by atoms with van der Waals surface area (Å²) < 4.78 is 0. The van der Waals surface area contributed by atoms with E-state index in [1.165, 1.54) is 6.07 Å². The maximum atomic E-state index is 10.7. The molecule has 16 heavy (non-hydrogen) atoms. The van der Waals surface area contributed by atoms with E-state index in [0.29, 0.717) is 5.56 Å². The van der Waals surface area contributed by atoms with Crippen molar-refractivity contribution in [2.24, 2.45) is 5.73 Å². The highest BCUT2D eigenvalue weighted by Crippen LogP contribution is 2.29. The van der Waals surface area contributed by atoms with E-state index in [9.17, 15) is 19.8 Å². The van der Waals surface area contributed by atoms with Crippen LogP contribution in [0.4, 0.5) is 0 Å². The fourth-order valence-electron chi connectivity index (χ4n) is 1.19. The van der Waals surface area contributed by atoms with Crippen molar-refractivity contribution < 1.29 is 24.9 Å². The molecule has 0 saturated carbocycles. The Labute approximate surface area is 94.9 Å². The predicted molar refractivity (Wildman–Crippen MR) is 56.2 cm³/mol. The third-order valence-corrected chi connectivity index (χ3v) is 3.32. The van der Waals surface area contributed by atoms with Gasteiger partial charge in [-0.3, -0.25) is 4.79 Å². The van der Waals surface area contributed by atoms with Gasteiger partial charge in [0.2, 0.25) is 5.91 Å². The first-order chi connectivity index (χ1) is 7.34. The van der Waals surface area contributed by atoms with Crippen molar-refractivity contribution in [3.8, 4) is 0 Å². The molecule has 0 saturated heterocycles. The molecule has 7 heteroatoms. The molecule has 0 fully saturated rings. The van der Waals surface area contributed by atoms with Crippen LogP contribution < -0.4 is 5.73 Å². The Morgan fingerprint density at radius 1 is 1.44 bits per heavy atom. The van der Waals surface area contributed by atoms with Gasteiger partial charge < -0.3 is 21.1 Å². The van der Waals surface area contributed by atoms with Crippen molar-refractivity contribution in [3.63, 3.8) is 0 Å². The maximum Gasteiger partial charge on any atom is 0.345 e. The minimum Gasteiger partial charge on any atom is -0.477 e. The highest BCUT2D eigenvalue weighted by molar-refractivity contribution is 7.14. The fraction of sp³-hybridized carbons (Fsp3) is 0.333. The smallest absolute Gasteiger partial charge is 0.345 e. The number of hydrogen-bond donors (Lipinski definition) is 4. The van der Waals surface area contributed by atoms with Crippen molar-refractivity contribution in [2.45, 2.75) is 19.1 Å². The highest BCUT2D eigenvalue weighted by atomic mass is 32.1. The van der Waals surface area contributed by atoms with E-state index in [4.69, 9.17) is 10.8 Å². The lowest BCUT2D eigenvalue weighted by Crippen LogP contribution is -2.33. The second-order valence-electron chi connectivity index (χ2n) is 3.26. The van der Waals surface area contributed by atoms with Gasteiger partial charge in [0.15, 0.2) is 6.10 Å². The molecule has 5 N–H and O–H groups in total. The summed E-state index contributed by atoms with van der Waals surface area (Å²) in [5, 5.41) is 27.6. The van der Waals surface area contributed by atoms with Gasteiger partial charge in [-0.15, -0.1) is 11.3 Å². The molecule has 88 valence electrons. The number of aliphatic hydroxyl groups is 2. The molecule has 1 heterocycles. The lowest BCUT2D eigenvalue weighted by molar-refractivity contribution is -0.131. The molecule has 0 aromatic carbocycles. The van der Waals surface area contributed by atoms with Gasteiger partial charge in [-0.25, -0.2) is 4.79 Å². The summed E-state index contributed by atoms with van der Waals surface area (Å²) in [7, 11) is 0.